The van der Waals surface area contributed by atoms with Crippen molar-refractivity contribution in [1.82, 2.24) is 0 Å². The van der Waals surface area contributed by atoms with E-state index >= 15 is 0 Å². The van der Waals surface area contributed by atoms with Gasteiger partial charge in [-0.3, -0.25) is 0 Å². The molecule has 1 aliphatic rings. The molecule has 1 fully saturated rings. The molecular formula is C24H42F8O7Si4. The SMILES string of the molecule is CCC(OC(=O)C=CC(=O)OC(F)C(F)(F)C(F)(F)C(F)C(F)F)[Si]1(O[Si](C)(C)C)CCC(C)(C)O[Si]1(C)O[Si](C)(C)C. The summed E-state index contributed by atoms with van der Waals surface area (Å²) in [4.78, 5) is 24.7. The van der Waals surface area contributed by atoms with Gasteiger partial charge in [0.05, 0.1) is 5.60 Å². The highest BCUT2D eigenvalue weighted by Gasteiger charge is 2.71. The zero-order valence-electron chi connectivity index (χ0n) is 26.0. The fourth-order valence-electron chi connectivity index (χ4n) is 4.81. The van der Waals surface area contributed by atoms with Crippen molar-refractivity contribution in [3.63, 3.8) is 0 Å². The monoisotopic (exact) mass is 706 g/mol. The van der Waals surface area contributed by atoms with E-state index in [0.29, 0.717) is 18.5 Å². The van der Waals surface area contributed by atoms with Crippen molar-refractivity contribution in [1.29, 1.82) is 0 Å². The van der Waals surface area contributed by atoms with Crippen molar-refractivity contribution in [3.05, 3.63) is 12.2 Å². The van der Waals surface area contributed by atoms with E-state index < -0.39 is 86.6 Å². The van der Waals surface area contributed by atoms with Gasteiger partial charge in [0.1, 0.15) is 5.73 Å². The molecule has 1 rings (SSSR count). The molecular weight excluding hydrogens is 665 g/mol. The first-order chi connectivity index (χ1) is 19.1. The van der Waals surface area contributed by atoms with E-state index in [1.807, 2.05) is 59.7 Å². The fraction of sp³-hybridized carbons (Fsp3) is 0.833. The van der Waals surface area contributed by atoms with Gasteiger partial charge < -0.3 is 22.1 Å². The maximum Gasteiger partial charge on any atom is 0.378 e. The molecule has 19 heteroatoms. The number of rotatable bonds is 14. The van der Waals surface area contributed by atoms with Gasteiger partial charge in [-0.05, 0) is 78.6 Å². The molecule has 0 aromatic carbocycles. The second-order valence-corrected chi connectivity index (χ2v) is 33.4. The van der Waals surface area contributed by atoms with E-state index in [0.717, 1.165) is 0 Å². The molecule has 0 aromatic rings. The summed E-state index contributed by atoms with van der Waals surface area (Å²) in [6.07, 6.45) is -12.4. The van der Waals surface area contributed by atoms with Crippen molar-refractivity contribution < 1.29 is 66.8 Å². The molecule has 0 radical (unpaired) electrons. The van der Waals surface area contributed by atoms with Gasteiger partial charge in [-0.25, -0.2) is 22.8 Å². The molecule has 0 bridgehead atoms. The lowest BCUT2D eigenvalue weighted by Crippen LogP contribution is -2.80. The Bertz CT molecular complexity index is 1020. The normalized spacial score (nSPS) is 25.8. The van der Waals surface area contributed by atoms with Crippen LogP contribution in [-0.4, -0.2) is 86.6 Å². The van der Waals surface area contributed by atoms with E-state index in [1.54, 1.807) is 6.92 Å². The maximum atomic E-state index is 13.8. The molecule has 0 aromatic heterocycles. The van der Waals surface area contributed by atoms with Crippen LogP contribution in [0, 0.1) is 0 Å². The summed E-state index contributed by atoms with van der Waals surface area (Å²) < 4.78 is 135. The number of halogens is 8. The van der Waals surface area contributed by atoms with E-state index in [9.17, 15) is 44.7 Å². The van der Waals surface area contributed by atoms with E-state index in [-0.39, 0.29) is 12.5 Å². The summed E-state index contributed by atoms with van der Waals surface area (Å²) in [5.74, 6) is -15.6. The summed E-state index contributed by atoms with van der Waals surface area (Å²) in [6.45, 7) is 19.4. The summed E-state index contributed by atoms with van der Waals surface area (Å²) in [5.41, 5.74) is -1.41. The smallest absolute Gasteiger partial charge is 0.378 e. The molecule has 5 atom stereocenters. The van der Waals surface area contributed by atoms with Crippen LogP contribution in [0.4, 0.5) is 35.1 Å². The van der Waals surface area contributed by atoms with Crippen LogP contribution in [0.15, 0.2) is 12.2 Å². The maximum absolute atomic E-state index is 13.8. The van der Waals surface area contributed by atoms with E-state index in [2.05, 4.69) is 4.74 Å². The standard InChI is InChI=1S/C24H42F8O7Si4/c1-11-18(43(39-41(7,8)9)15-14-22(2,3)37-42(43,10)38-40(4,5)6)35-16(33)12-13-17(34)36-21(28)24(31,32)23(29,30)19(25)20(26)27/h12-13,18-21H,11,14-15H2,1-10H3. The summed E-state index contributed by atoms with van der Waals surface area (Å²) in [7, 11) is -11.1. The highest BCUT2D eigenvalue weighted by molar-refractivity contribution is 7.37. The van der Waals surface area contributed by atoms with Crippen LogP contribution in [0.25, 0.3) is 0 Å². The Balaban J connectivity index is 3.29. The first kappa shape index (κ1) is 39.9. The minimum atomic E-state index is -6.21. The van der Waals surface area contributed by atoms with Crippen LogP contribution < -0.4 is 0 Å². The summed E-state index contributed by atoms with van der Waals surface area (Å²) in [6, 6.07) is 0.524. The lowest BCUT2D eigenvalue weighted by atomic mass is 10.1. The molecule has 0 saturated carbocycles. The van der Waals surface area contributed by atoms with Crippen LogP contribution in [0.2, 0.25) is 51.9 Å². The number of carbonyl (C=O) groups is 2. The van der Waals surface area contributed by atoms with Gasteiger partial charge in [-0.1, -0.05) is 6.92 Å². The number of carbonyl (C=O) groups excluding carboxylic acids is 2. The van der Waals surface area contributed by atoms with Gasteiger partial charge in [-0.15, -0.1) is 0 Å². The number of alkyl halides is 8. The Hall–Kier alpha value is -1.13. The van der Waals surface area contributed by atoms with Crippen LogP contribution in [0.1, 0.15) is 33.6 Å². The Kier molecular flexibility index (Phi) is 12.7. The van der Waals surface area contributed by atoms with E-state index in [1.165, 1.54) is 0 Å². The third kappa shape index (κ3) is 9.93. The minimum absolute atomic E-state index is 0.138. The first-order valence-electron chi connectivity index (χ1n) is 13.6. The Morgan fingerprint density at radius 2 is 1.35 bits per heavy atom. The lowest BCUT2D eigenvalue weighted by molar-refractivity contribution is -0.312. The minimum Gasteiger partial charge on any atom is -0.460 e. The number of esters is 2. The zero-order valence-corrected chi connectivity index (χ0v) is 30.0. The summed E-state index contributed by atoms with van der Waals surface area (Å²) in [5, 5.41) is 0. The van der Waals surface area contributed by atoms with Crippen molar-refractivity contribution in [3.8, 4) is 0 Å². The molecule has 0 N–H and O–H groups in total. The van der Waals surface area contributed by atoms with Crippen LogP contribution in [-0.2, 0) is 31.7 Å². The number of hydrogen-bond donors (Lipinski definition) is 0. The number of hydrogen-bond acceptors (Lipinski definition) is 7. The predicted molar refractivity (Wildman–Crippen MR) is 152 cm³/mol. The number of ether oxygens (including phenoxy) is 2. The highest BCUT2D eigenvalue weighted by Crippen LogP contribution is 2.46. The van der Waals surface area contributed by atoms with Crippen molar-refractivity contribution in [2.24, 2.45) is 0 Å². The van der Waals surface area contributed by atoms with Gasteiger partial charge in [0, 0.05) is 12.2 Å². The quantitative estimate of drug-likeness (QED) is 0.0825. The summed E-state index contributed by atoms with van der Waals surface area (Å²) >= 11 is 0. The molecule has 43 heavy (non-hydrogen) atoms. The topological polar surface area (TPSA) is 80.3 Å². The molecule has 5 unspecified atom stereocenters. The van der Waals surface area contributed by atoms with Gasteiger partial charge in [0.25, 0.3) is 14.3 Å². The highest BCUT2D eigenvalue weighted by atomic mass is 29.3. The fourth-order valence-corrected chi connectivity index (χ4v) is 35.4. The van der Waals surface area contributed by atoms with Gasteiger partial charge in [-0.2, -0.15) is 22.0 Å². The van der Waals surface area contributed by atoms with Crippen molar-refractivity contribution in [2.75, 3.05) is 0 Å². The molecule has 0 aliphatic carbocycles. The Morgan fingerprint density at radius 1 is 0.884 bits per heavy atom. The molecule has 0 spiro atoms. The second kappa shape index (κ2) is 13.7. The van der Waals surface area contributed by atoms with Crippen LogP contribution >= 0.6 is 0 Å². The van der Waals surface area contributed by atoms with Crippen LogP contribution in [0.3, 0.4) is 0 Å². The Morgan fingerprint density at radius 3 is 1.77 bits per heavy atom. The zero-order chi connectivity index (χ0) is 34.0. The first-order valence-corrected chi connectivity index (χ1v) is 25.9. The third-order valence-corrected chi connectivity index (χ3v) is 27.8. The third-order valence-electron chi connectivity index (χ3n) is 6.35. The average Bonchev–Trinajstić information content (AvgIpc) is 2.79. The molecule has 252 valence electrons. The molecule has 7 nitrogen and oxygen atoms in total. The second-order valence-electron chi connectivity index (χ2n) is 13.0. The van der Waals surface area contributed by atoms with Crippen molar-refractivity contribution in [2.45, 2.75) is 128 Å². The Labute approximate surface area is 251 Å². The van der Waals surface area contributed by atoms with Gasteiger partial charge in [0.15, 0.2) is 16.6 Å². The van der Waals surface area contributed by atoms with Gasteiger partial charge in [0.2, 0.25) is 6.17 Å². The van der Waals surface area contributed by atoms with Crippen LogP contribution in [0.5, 0.6) is 0 Å². The predicted octanol–water partition coefficient (Wildman–Crippen LogP) is 7.11. The van der Waals surface area contributed by atoms with Gasteiger partial charge >= 0.3 is 38.2 Å². The average molecular weight is 707 g/mol. The molecule has 1 aliphatic heterocycles. The lowest BCUT2D eigenvalue weighted by Gasteiger charge is -2.57. The largest absolute Gasteiger partial charge is 0.460 e. The molecule has 1 heterocycles. The molecule has 1 saturated heterocycles. The van der Waals surface area contributed by atoms with Crippen molar-refractivity contribution >= 4 is 44.5 Å². The van der Waals surface area contributed by atoms with E-state index in [4.69, 9.17) is 17.4 Å². The molecule has 0 amide bonds.